The fourth-order valence-corrected chi connectivity index (χ4v) is 2.72. The molecule has 1 aromatic carbocycles. The number of nitrogens with zero attached hydrogens (tertiary/aromatic N) is 2. The van der Waals surface area contributed by atoms with Gasteiger partial charge in [0.1, 0.15) is 5.75 Å². The minimum Gasteiger partial charge on any atom is -0.405 e. The Morgan fingerprint density at radius 1 is 1.33 bits per heavy atom. The number of alkyl halides is 3. The van der Waals surface area contributed by atoms with Crippen molar-refractivity contribution in [1.82, 2.24) is 15.1 Å². The smallest absolute Gasteiger partial charge is 0.405 e. The normalized spacial score (nSPS) is 20.0. The van der Waals surface area contributed by atoms with Gasteiger partial charge in [-0.05, 0) is 20.0 Å². The van der Waals surface area contributed by atoms with E-state index in [1.165, 1.54) is 18.2 Å². The van der Waals surface area contributed by atoms with Crippen molar-refractivity contribution in [3.05, 3.63) is 29.8 Å². The highest BCUT2D eigenvalue weighted by atomic mass is 19.4. The van der Waals surface area contributed by atoms with Gasteiger partial charge in [0.05, 0.1) is 6.54 Å². The van der Waals surface area contributed by atoms with E-state index in [4.69, 9.17) is 0 Å². The maximum absolute atomic E-state index is 12.4. The summed E-state index contributed by atoms with van der Waals surface area (Å²) in [5, 5.41) is 2.66. The molecule has 0 aromatic heterocycles. The molecule has 0 radical (unpaired) electrons. The van der Waals surface area contributed by atoms with E-state index in [9.17, 15) is 18.0 Å². The van der Waals surface area contributed by atoms with Crippen molar-refractivity contribution >= 4 is 5.91 Å². The van der Waals surface area contributed by atoms with Crippen LogP contribution in [0.25, 0.3) is 0 Å². The first-order valence-electron chi connectivity index (χ1n) is 7.77. The van der Waals surface area contributed by atoms with Crippen LogP contribution in [-0.4, -0.2) is 61.3 Å². The molecular weight excluding hydrogens is 323 g/mol. The maximum atomic E-state index is 12.4. The third-order valence-corrected chi connectivity index (χ3v) is 3.99. The topological polar surface area (TPSA) is 44.8 Å². The summed E-state index contributed by atoms with van der Waals surface area (Å²) in [5.74, 6) is -0.508. The summed E-state index contributed by atoms with van der Waals surface area (Å²) in [4.78, 5) is 16.3. The molecule has 2 rings (SSSR count). The van der Waals surface area contributed by atoms with Crippen LogP contribution in [0.1, 0.15) is 12.5 Å². The van der Waals surface area contributed by atoms with Crippen LogP contribution in [0.3, 0.4) is 0 Å². The second kappa shape index (κ2) is 7.85. The van der Waals surface area contributed by atoms with Crippen LogP contribution in [0.4, 0.5) is 13.2 Å². The van der Waals surface area contributed by atoms with Gasteiger partial charge in [-0.3, -0.25) is 9.69 Å². The van der Waals surface area contributed by atoms with E-state index >= 15 is 0 Å². The van der Waals surface area contributed by atoms with Crippen LogP contribution >= 0.6 is 0 Å². The Kier molecular flexibility index (Phi) is 6.06. The van der Waals surface area contributed by atoms with Crippen LogP contribution in [0, 0.1) is 0 Å². The zero-order valence-corrected chi connectivity index (χ0v) is 13.8. The van der Waals surface area contributed by atoms with Gasteiger partial charge in [-0.15, -0.1) is 13.2 Å². The van der Waals surface area contributed by atoms with E-state index in [1.54, 1.807) is 6.07 Å². The van der Waals surface area contributed by atoms with E-state index in [-0.39, 0.29) is 36.4 Å². The molecule has 134 valence electrons. The molecule has 1 saturated heterocycles. The third-order valence-electron chi connectivity index (χ3n) is 3.99. The lowest BCUT2D eigenvalue weighted by atomic mass is 10.2. The van der Waals surface area contributed by atoms with Crippen LogP contribution < -0.4 is 10.1 Å². The summed E-state index contributed by atoms with van der Waals surface area (Å²) in [6, 6.07) is 6.05. The second-order valence-corrected chi connectivity index (χ2v) is 6.01. The summed E-state index contributed by atoms with van der Waals surface area (Å²) >= 11 is 0. The van der Waals surface area contributed by atoms with Crippen LogP contribution in [0.2, 0.25) is 0 Å². The highest BCUT2D eigenvalue weighted by Gasteiger charge is 2.32. The van der Waals surface area contributed by atoms with Crippen molar-refractivity contribution in [1.29, 1.82) is 0 Å². The van der Waals surface area contributed by atoms with Gasteiger partial charge in [-0.25, -0.2) is 0 Å². The van der Waals surface area contributed by atoms with Gasteiger partial charge < -0.3 is 15.0 Å². The van der Waals surface area contributed by atoms with Crippen molar-refractivity contribution < 1.29 is 22.7 Å². The summed E-state index contributed by atoms with van der Waals surface area (Å²) in [7, 11) is 2.03. The Balaban J connectivity index is 1.88. The predicted octanol–water partition coefficient (Wildman–Crippen LogP) is 1.84. The van der Waals surface area contributed by atoms with E-state index in [0.29, 0.717) is 0 Å². The molecule has 5 nitrogen and oxygen atoms in total. The number of carbonyl (C=O) groups excluding carboxylic acids is 1. The molecule has 1 amide bonds. The van der Waals surface area contributed by atoms with Gasteiger partial charge in [0, 0.05) is 37.8 Å². The van der Waals surface area contributed by atoms with Crippen molar-refractivity contribution in [2.75, 3.05) is 33.2 Å². The number of nitrogens with one attached hydrogen (secondary N) is 1. The summed E-state index contributed by atoms with van der Waals surface area (Å²) in [5.41, 5.74) is 0.287. The minimum absolute atomic E-state index is 0.00674. The molecule has 1 heterocycles. The van der Waals surface area contributed by atoms with Gasteiger partial charge >= 0.3 is 6.36 Å². The molecule has 1 atom stereocenters. The fraction of sp³-hybridized carbons (Fsp3) is 0.562. The quantitative estimate of drug-likeness (QED) is 0.885. The van der Waals surface area contributed by atoms with E-state index in [1.807, 2.05) is 7.05 Å². The number of amides is 1. The highest BCUT2D eigenvalue weighted by Crippen LogP contribution is 2.26. The zero-order valence-electron chi connectivity index (χ0n) is 13.8. The lowest BCUT2D eigenvalue weighted by Gasteiger charge is -2.37. The van der Waals surface area contributed by atoms with Crippen molar-refractivity contribution in [3.8, 4) is 5.75 Å². The van der Waals surface area contributed by atoms with E-state index in [0.717, 1.165) is 19.6 Å². The largest absolute Gasteiger partial charge is 0.573 e. The lowest BCUT2D eigenvalue weighted by Crippen LogP contribution is -2.53. The van der Waals surface area contributed by atoms with Crippen molar-refractivity contribution in [2.45, 2.75) is 25.9 Å². The molecule has 1 fully saturated rings. The number of piperazine rings is 1. The number of rotatable bonds is 5. The summed E-state index contributed by atoms with van der Waals surface area (Å²) in [6.45, 7) is 4.84. The van der Waals surface area contributed by atoms with E-state index in [2.05, 4.69) is 26.8 Å². The summed E-state index contributed by atoms with van der Waals surface area (Å²) < 4.78 is 41.1. The number of hydrogen-bond acceptors (Lipinski definition) is 4. The molecule has 8 heteroatoms. The van der Waals surface area contributed by atoms with Gasteiger partial charge in [0.25, 0.3) is 0 Å². The van der Waals surface area contributed by atoms with Crippen molar-refractivity contribution in [2.24, 2.45) is 0 Å². The molecule has 1 aromatic rings. The highest BCUT2D eigenvalue weighted by molar-refractivity contribution is 5.78. The first kappa shape index (κ1) is 18.5. The molecular formula is C16H22F3N3O2. The number of benzene rings is 1. The molecule has 24 heavy (non-hydrogen) atoms. The number of hydrogen-bond donors (Lipinski definition) is 1. The number of para-hydroxylation sites is 1. The number of carbonyl (C=O) groups is 1. The van der Waals surface area contributed by atoms with Crippen LogP contribution in [0.15, 0.2) is 24.3 Å². The summed E-state index contributed by atoms with van der Waals surface area (Å²) in [6.07, 6.45) is -4.75. The average molecular weight is 345 g/mol. The molecule has 1 aliphatic heterocycles. The second-order valence-electron chi connectivity index (χ2n) is 6.01. The first-order valence-corrected chi connectivity index (χ1v) is 7.77. The maximum Gasteiger partial charge on any atom is 0.573 e. The lowest BCUT2D eigenvalue weighted by molar-refractivity contribution is -0.274. The number of halogens is 3. The monoisotopic (exact) mass is 345 g/mol. The standard InChI is InChI=1S/C16H22F3N3O2/c1-12-10-21(2)7-8-22(12)11-15(23)20-9-13-5-3-4-6-14(13)24-16(17,18)19/h3-6,12H,7-11H2,1-2H3,(H,20,23)/t12-/m0/s1. The Morgan fingerprint density at radius 2 is 2.04 bits per heavy atom. The van der Waals surface area contributed by atoms with Gasteiger partial charge in [-0.2, -0.15) is 0 Å². The molecule has 1 N–H and O–H groups in total. The first-order chi connectivity index (χ1) is 11.2. The number of ether oxygens (including phenoxy) is 1. The van der Waals surface area contributed by atoms with Gasteiger partial charge in [-0.1, -0.05) is 18.2 Å². The molecule has 0 spiro atoms. The molecule has 0 bridgehead atoms. The predicted molar refractivity (Wildman–Crippen MR) is 83.5 cm³/mol. The Labute approximate surface area is 139 Å². The Hall–Kier alpha value is -1.80. The third kappa shape index (κ3) is 5.68. The van der Waals surface area contributed by atoms with E-state index < -0.39 is 6.36 Å². The molecule has 0 unspecified atom stereocenters. The van der Waals surface area contributed by atoms with Crippen LogP contribution in [0.5, 0.6) is 5.75 Å². The molecule has 0 aliphatic carbocycles. The van der Waals surface area contributed by atoms with Gasteiger partial charge in [0.15, 0.2) is 0 Å². The number of likely N-dealkylation sites (N-methyl/N-ethyl adjacent to an activating group) is 1. The minimum atomic E-state index is -4.75. The molecule has 1 aliphatic rings. The molecule has 0 saturated carbocycles. The fourth-order valence-electron chi connectivity index (χ4n) is 2.72. The van der Waals surface area contributed by atoms with Crippen LogP contribution in [-0.2, 0) is 11.3 Å². The SMILES string of the molecule is C[C@H]1CN(C)CCN1CC(=O)NCc1ccccc1OC(F)(F)F. The Bertz CT molecular complexity index is 566. The van der Waals surface area contributed by atoms with Crippen molar-refractivity contribution in [3.63, 3.8) is 0 Å². The van der Waals surface area contributed by atoms with Gasteiger partial charge in [0.2, 0.25) is 5.91 Å². The zero-order chi connectivity index (χ0) is 17.7. The Morgan fingerprint density at radius 3 is 2.71 bits per heavy atom. The average Bonchev–Trinajstić information content (AvgIpc) is 2.48.